The second kappa shape index (κ2) is 4.95. The molecule has 2 aromatic carbocycles. The van der Waals surface area contributed by atoms with Crippen molar-refractivity contribution in [3.05, 3.63) is 50.8 Å². The molecular weight excluding hydrogens is 214 g/mol. The van der Waals surface area contributed by atoms with Crippen LogP contribution in [0.5, 0.6) is 0 Å². The summed E-state index contributed by atoms with van der Waals surface area (Å²) in [5, 5.41) is 3.06. The first-order chi connectivity index (χ1) is 8.25. The van der Waals surface area contributed by atoms with Crippen molar-refractivity contribution in [2.24, 2.45) is 0 Å². The molecule has 3 heteroatoms. The minimum atomic E-state index is -0.389. The molecule has 0 aliphatic rings. The van der Waals surface area contributed by atoms with Gasteiger partial charge in [0.05, 0.1) is 11.3 Å². The summed E-state index contributed by atoms with van der Waals surface area (Å²) in [6, 6.07) is 9.31. The minimum Gasteiger partial charge on any atom is -0.381 e. The van der Waals surface area contributed by atoms with Crippen LogP contribution in [0.1, 0.15) is 19.8 Å². The maximum absolute atomic E-state index is 11.6. The van der Waals surface area contributed by atoms with Crippen molar-refractivity contribution in [2.45, 2.75) is 19.8 Å². The molecule has 0 fully saturated rings. The molecule has 0 aromatic heterocycles. The van der Waals surface area contributed by atoms with Crippen LogP contribution in [-0.4, -0.2) is 6.54 Å². The van der Waals surface area contributed by atoms with E-state index in [2.05, 4.69) is 12.2 Å². The first-order valence-electron chi connectivity index (χ1n) is 5.88. The van der Waals surface area contributed by atoms with Crippen LogP contribution in [0, 0.1) is 0 Å². The van der Waals surface area contributed by atoms with E-state index in [1.54, 1.807) is 0 Å². The Balaban J connectivity index is 2.27. The molecular formula is C14H15NO2. The van der Waals surface area contributed by atoms with Crippen LogP contribution >= 0.6 is 0 Å². The fourth-order valence-electron chi connectivity index (χ4n) is 1.83. The molecule has 0 amide bonds. The Morgan fingerprint density at radius 3 is 2.41 bits per heavy atom. The zero-order valence-corrected chi connectivity index (χ0v) is 9.82. The molecule has 17 heavy (non-hydrogen) atoms. The monoisotopic (exact) mass is 229 g/mol. The summed E-state index contributed by atoms with van der Waals surface area (Å²) in [5.41, 5.74) is 1.06. The van der Waals surface area contributed by atoms with E-state index in [-0.39, 0.29) is 10.9 Å². The standard InChI is InChI=1S/C14H15NO2/c1-2-3-9-15-12-11(13(16)14(12)17)10-7-5-4-6-8-10/h4-8,15H,2-3,9H2,1H3. The van der Waals surface area contributed by atoms with Crippen molar-refractivity contribution in [1.29, 1.82) is 0 Å². The van der Waals surface area contributed by atoms with Crippen molar-refractivity contribution < 1.29 is 0 Å². The molecule has 2 aromatic rings. The summed E-state index contributed by atoms with van der Waals surface area (Å²) >= 11 is 0. The van der Waals surface area contributed by atoms with Crippen LogP contribution in [0.25, 0.3) is 11.1 Å². The van der Waals surface area contributed by atoms with E-state index < -0.39 is 0 Å². The van der Waals surface area contributed by atoms with Crippen LogP contribution < -0.4 is 16.2 Å². The number of unbranched alkanes of at least 4 members (excludes halogenated alkanes) is 1. The number of hydrogen-bond acceptors (Lipinski definition) is 3. The Labute approximate surface area is 99.8 Å². The number of anilines is 1. The van der Waals surface area contributed by atoms with Gasteiger partial charge in [0.15, 0.2) is 0 Å². The third-order valence-corrected chi connectivity index (χ3v) is 2.80. The normalized spacial score (nSPS) is 10.6. The molecule has 0 saturated carbocycles. The molecule has 2 rings (SSSR count). The molecule has 3 nitrogen and oxygen atoms in total. The van der Waals surface area contributed by atoms with Gasteiger partial charge in [0.2, 0.25) is 10.9 Å². The zero-order chi connectivity index (χ0) is 12.3. The third kappa shape index (κ3) is 2.13. The molecule has 0 aliphatic heterocycles. The quantitative estimate of drug-likeness (QED) is 0.631. The minimum absolute atomic E-state index is 0.379. The van der Waals surface area contributed by atoms with Gasteiger partial charge in [-0.25, -0.2) is 0 Å². The first kappa shape index (κ1) is 11.6. The Bertz CT molecular complexity index is 565. The maximum Gasteiger partial charge on any atom is 0.250 e. The molecule has 0 aliphatic carbocycles. The van der Waals surface area contributed by atoms with Gasteiger partial charge in [0.25, 0.3) is 0 Å². The summed E-state index contributed by atoms with van der Waals surface area (Å²) in [7, 11) is 0. The number of benzene rings is 1. The SMILES string of the molecule is CCCCNc1c(-c2ccccc2)c(=O)c1=O. The van der Waals surface area contributed by atoms with Gasteiger partial charge >= 0.3 is 0 Å². The second-order valence-corrected chi connectivity index (χ2v) is 4.05. The van der Waals surface area contributed by atoms with Gasteiger partial charge in [-0.3, -0.25) is 9.59 Å². The highest BCUT2D eigenvalue weighted by atomic mass is 16.2. The Kier molecular flexibility index (Phi) is 3.38. The van der Waals surface area contributed by atoms with Crippen molar-refractivity contribution in [2.75, 3.05) is 11.9 Å². The Morgan fingerprint density at radius 2 is 1.76 bits per heavy atom. The van der Waals surface area contributed by atoms with E-state index in [4.69, 9.17) is 0 Å². The molecule has 0 atom stereocenters. The Hall–Kier alpha value is -1.90. The highest BCUT2D eigenvalue weighted by molar-refractivity contribution is 5.81. The van der Waals surface area contributed by atoms with Crippen molar-refractivity contribution >= 4 is 5.69 Å². The van der Waals surface area contributed by atoms with E-state index in [0.29, 0.717) is 11.3 Å². The first-order valence-corrected chi connectivity index (χ1v) is 5.88. The molecule has 1 N–H and O–H groups in total. The van der Waals surface area contributed by atoms with Crippen LogP contribution in [0.3, 0.4) is 0 Å². The lowest BCUT2D eigenvalue weighted by Gasteiger charge is -2.12. The zero-order valence-electron chi connectivity index (χ0n) is 9.82. The van der Waals surface area contributed by atoms with Gasteiger partial charge in [0.1, 0.15) is 0 Å². The van der Waals surface area contributed by atoms with Gasteiger partial charge in [0, 0.05) is 6.54 Å². The van der Waals surface area contributed by atoms with Crippen LogP contribution in [0.2, 0.25) is 0 Å². The van der Waals surface area contributed by atoms with Gasteiger partial charge in [-0.15, -0.1) is 0 Å². The van der Waals surface area contributed by atoms with Gasteiger partial charge in [-0.1, -0.05) is 43.7 Å². The molecule has 88 valence electrons. The lowest BCUT2D eigenvalue weighted by molar-refractivity contribution is 0.833. The molecule has 0 heterocycles. The average molecular weight is 229 g/mol. The second-order valence-electron chi connectivity index (χ2n) is 4.05. The molecule has 0 bridgehead atoms. The summed E-state index contributed by atoms with van der Waals surface area (Å²) in [6.45, 7) is 2.82. The van der Waals surface area contributed by atoms with Gasteiger partial charge in [-0.2, -0.15) is 0 Å². The summed E-state index contributed by atoms with van der Waals surface area (Å²) < 4.78 is 0. The number of nitrogens with one attached hydrogen (secondary N) is 1. The molecule has 0 unspecified atom stereocenters. The topological polar surface area (TPSA) is 46.2 Å². The lowest BCUT2D eigenvalue weighted by Crippen LogP contribution is -2.36. The van der Waals surface area contributed by atoms with Crippen LogP contribution in [-0.2, 0) is 0 Å². The van der Waals surface area contributed by atoms with Crippen LogP contribution in [0.4, 0.5) is 5.69 Å². The van der Waals surface area contributed by atoms with E-state index in [1.807, 2.05) is 30.3 Å². The van der Waals surface area contributed by atoms with Gasteiger partial charge < -0.3 is 5.32 Å². The highest BCUT2D eigenvalue weighted by Crippen LogP contribution is 2.22. The van der Waals surface area contributed by atoms with Crippen LogP contribution in [0.15, 0.2) is 39.9 Å². The predicted octanol–water partition coefficient (Wildman–Crippen LogP) is 2.16. The summed E-state index contributed by atoms with van der Waals surface area (Å²) in [6.07, 6.45) is 2.05. The highest BCUT2D eigenvalue weighted by Gasteiger charge is 2.21. The predicted molar refractivity (Wildman–Crippen MR) is 70.2 cm³/mol. The molecule has 0 radical (unpaired) electrons. The maximum atomic E-state index is 11.6. The molecule has 0 spiro atoms. The van der Waals surface area contributed by atoms with Crippen molar-refractivity contribution in [1.82, 2.24) is 0 Å². The fraction of sp³-hybridized carbons (Fsp3) is 0.286. The fourth-order valence-corrected chi connectivity index (χ4v) is 1.83. The number of hydrogen-bond donors (Lipinski definition) is 1. The number of rotatable bonds is 5. The third-order valence-electron chi connectivity index (χ3n) is 2.80. The van der Waals surface area contributed by atoms with Gasteiger partial charge in [-0.05, 0) is 12.0 Å². The van der Waals surface area contributed by atoms with Crippen molar-refractivity contribution in [3.63, 3.8) is 0 Å². The molecule has 0 saturated heterocycles. The van der Waals surface area contributed by atoms with Crippen molar-refractivity contribution in [3.8, 4) is 11.1 Å². The average Bonchev–Trinajstić information content (AvgIpc) is 2.38. The van der Waals surface area contributed by atoms with E-state index >= 15 is 0 Å². The van der Waals surface area contributed by atoms with E-state index in [0.717, 1.165) is 24.9 Å². The lowest BCUT2D eigenvalue weighted by atomic mass is 9.98. The van der Waals surface area contributed by atoms with E-state index in [1.165, 1.54) is 0 Å². The van der Waals surface area contributed by atoms with E-state index in [9.17, 15) is 9.59 Å². The smallest absolute Gasteiger partial charge is 0.250 e. The summed E-state index contributed by atoms with van der Waals surface area (Å²) in [4.78, 5) is 23.0. The summed E-state index contributed by atoms with van der Waals surface area (Å²) in [5.74, 6) is 0. The largest absolute Gasteiger partial charge is 0.381 e. The Morgan fingerprint density at radius 1 is 1.06 bits per heavy atom.